The van der Waals surface area contributed by atoms with Gasteiger partial charge in [0.2, 0.25) is 0 Å². The lowest BCUT2D eigenvalue weighted by atomic mass is 10.0. The molecular weight excluding hydrogens is 230 g/mol. The van der Waals surface area contributed by atoms with Gasteiger partial charge in [0.15, 0.2) is 0 Å². The summed E-state index contributed by atoms with van der Waals surface area (Å²) in [6.45, 7) is 4.26. The molecular formula is C14H21NOS. The SMILES string of the molecule is CC1OCCC1CNC(c1cccs1)C1CC1. The Labute approximate surface area is 107 Å². The van der Waals surface area contributed by atoms with Gasteiger partial charge in [-0.15, -0.1) is 11.3 Å². The molecule has 0 radical (unpaired) electrons. The summed E-state index contributed by atoms with van der Waals surface area (Å²) >= 11 is 1.89. The standard InChI is InChI=1S/C14H21NOS/c1-10-12(6-7-16-10)9-15-14(11-4-5-11)13-3-2-8-17-13/h2-3,8,10-12,14-15H,4-7,9H2,1H3. The van der Waals surface area contributed by atoms with Crippen LogP contribution in [-0.2, 0) is 4.74 Å². The largest absolute Gasteiger partial charge is 0.378 e. The molecule has 2 fully saturated rings. The molecule has 1 aliphatic carbocycles. The van der Waals surface area contributed by atoms with Crippen LogP contribution in [0, 0.1) is 11.8 Å². The van der Waals surface area contributed by atoms with Crippen molar-refractivity contribution in [2.75, 3.05) is 13.2 Å². The second kappa shape index (κ2) is 5.09. The van der Waals surface area contributed by atoms with Gasteiger partial charge in [0.25, 0.3) is 0 Å². The van der Waals surface area contributed by atoms with Crippen LogP contribution in [-0.4, -0.2) is 19.3 Å². The minimum absolute atomic E-state index is 0.436. The summed E-state index contributed by atoms with van der Waals surface area (Å²) in [4.78, 5) is 1.51. The van der Waals surface area contributed by atoms with E-state index in [1.807, 2.05) is 11.3 Å². The van der Waals surface area contributed by atoms with E-state index in [1.165, 1.54) is 24.1 Å². The van der Waals surface area contributed by atoms with Gasteiger partial charge in [0.1, 0.15) is 0 Å². The van der Waals surface area contributed by atoms with Crippen molar-refractivity contribution in [3.05, 3.63) is 22.4 Å². The van der Waals surface area contributed by atoms with Gasteiger partial charge in [-0.05, 0) is 49.5 Å². The van der Waals surface area contributed by atoms with E-state index in [9.17, 15) is 0 Å². The van der Waals surface area contributed by atoms with Gasteiger partial charge < -0.3 is 10.1 Å². The first-order chi connectivity index (χ1) is 8.34. The molecule has 2 heterocycles. The fourth-order valence-electron chi connectivity index (χ4n) is 2.72. The average molecular weight is 251 g/mol. The van der Waals surface area contributed by atoms with Gasteiger partial charge in [0, 0.05) is 24.1 Å². The van der Waals surface area contributed by atoms with Crippen molar-refractivity contribution in [3.8, 4) is 0 Å². The minimum atomic E-state index is 0.436. The summed E-state index contributed by atoms with van der Waals surface area (Å²) in [5.41, 5.74) is 0. The molecule has 94 valence electrons. The van der Waals surface area contributed by atoms with Crippen LogP contribution in [0.3, 0.4) is 0 Å². The molecule has 0 aromatic carbocycles. The molecule has 0 amide bonds. The molecule has 2 aliphatic rings. The Kier molecular flexibility index (Phi) is 3.50. The topological polar surface area (TPSA) is 21.3 Å². The molecule has 17 heavy (non-hydrogen) atoms. The molecule has 3 heteroatoms. The van der Waals surface area contributed by atoms with Crippen molar-refractivity contribution < 1.29 is 4.74 Å². The monoisotopic (exact) mass is 251 g/mol. The summed E-state index contributed by atoms with van der Waals surface area (Å²) in [6, 6.07) is 5.04. The molecule has 3 atom stereocenters. The maximum atomic E-state index is 5.63. The van der Waals surface area contributed by atoms with Crippen molar-refractivity contribution in [1.29, 1.82) is 0 Å². The maximum absolute atomic E-state index is 5.63. The molecule has 1 aromatic rings. The zero-order valence-electron chi connectivity index (χ0n) is 10.4. The first-order valence-electron chi connectivity index (χ1n) is 6.73. The second-order valence-corrected chi connectivity index (χ2v) is 6.34. The zero-order valence-corrected chi connectivity index (χ0v) is 11.2. The van der Waals surface area contributed by atoms with E-state index in [0.717, 1.165) is 19.1 Å². The summed E-state index contributed by atoms with van der Waals surface area (Å²) in [7, 11) is 0. The van der Waals surface area contributed by atoms with Crippen LogP contribution in [0.4, 0.5) is 0 Å². The van der Waals surface area contributed by atoms with Gasteiger partial charge >= 0.3 is 0 Å². The third-order valence-corrected chi connectivity index (χ3v) is 5.03. The Balaban J connectivity index is 1.58. The first kappa shape index (κ1) is 11.7. The summed E-state index contributed by atoms with van der Waals surface area (Å²) in [5.74, 6) is 1.59. The molecule has 0 bridgehead atoms. The van der Waals surface area contributed by atoms with Crippen LogP contribution in [0.15, 0.2) is 17.5 Å². The first-order valence-corrected chi connectivity index (χ1v) is 7.61. The third kappa shape index (κ3) is 2.72. The Morgan fingerprint density at radius 1 is 1.47 bits per heavy atom. The van der Waals surface area contributed by atoms with E-state index in [1.54, 1.807) is 0 Å². The highest BCUT2D eigenvalue weighted by molar-refractivity contribution is 7.10. The van der Waals surface area contributed by atoms with E-state index >= 15 is 0 Å². The molecule has 0 spiro atoms. The lowest BCUT2D eigenvalue weighted by Crippen LogP contribution is -2.31. The van der Waals surface area contributed by atoms with E-state index < -0.39 is 0 Å². The number of ether oxygens (including phenoxy) is 1. The molecule has 3 unspecified atom stereocenters. The lowest BCUT2D eigenvalue weighted by molar-refractivity contribution is 0.104. The van der Waals surface area contributed by atoms with Crippen LogP contribution in [0.2, 0.25) is 0 Å². The van der Waals surface area contributed by atoms with Crippen molar-refractivity contribution >= 4 is 11.3 Å². The highest BCUT2D eigenvalue weighted by atomic mass is 32.1. The highest BCUT2D eigenvalue weighted by Gasteiger charge is 2.34. The molecule has 1 aromatic heterocycles. The fourth-order valence-corrected chi connectivity index (χ4v) is 3.61. The van der Waals surface area contributed by atoms with Crippen molar-refractivity contribution in [1.82, 2.24) is 5.32 Å². The number of thiophene rings is 1. The van der Waals surface area contributed by atoms with Gasteiger partial charge in [-0.25, -0.2) is 0 Å². The third-order valence-electron chi connectivity index (χ3n) is 4.08. The number of hydrogen-bond donors (Lipinski definition) is 1. The van der Waals surface area contributed by atoms with E-state index in [-0.39, 0.29) is 0 Å². The van der Waals surface area contributed by atoms with Crippen molar-refractivity contribution in [3.63, 3.8) is 0 Å². The van der Waals surface area contributed by atoms with Crippen LogP contribution in [0.5, 0.6) is 0 Å². The average Bonchev–Trinajstić information content (AvgIpc) is 2.86. The second-order valence-electron chi connectivity index (χ2n) is 5.36. The zero-order chi connectivity index (χ0) is 11.7. The van der Waals surface area contributed by atoms with Crippen LogP contribution in [0.25, 0.3) is 0 Å². The maximum Gasteiger partial charge on any atom is 0.0588 e. The molecule has 2 nitrogen and oxygen atoms in total. The summed E-state index contributed by atoms with van der Waals surface area (Å²) < 4.78 is 5.63. The van der Waals surface area contributed by atoms with Gasteiger partial charge in [-0.1, -0.05) is 6.07 Å². The van der Waals surface area contributed by atoms with E-state index in [2.05, 4.69) is 29.8 Å². The van der Waals surface area contributed by atoms with E-state index in [0.29, 0.717) is 18.1 Å². The summed E-state index contributed by atoms with van der Waals surface area (Å²) in [6.07, 6.45) is 4.44. The normalized spacial score (nSPS) is 30.6. The predicted octanol–water partition coefficient (Wildman–Crippen LogP) is 3.21. The highest BCUT2D eigenvalue weighted by Crippen LogP contribution is 2.42. The Hall–Kier alpha value is -0.380. The Morgan fingerprint density at radius 2 is 2.35 bits per heavy atom. The van der Waals surface area contributed by atoms with Crippen LogP contribution in [0.1, 0.15) is 37.1 Å². The smallest absolute Gasteiger partial charge is 0.0588 e. The van der Waals surface area contributed by atoms with E-state index in [4.69, 9.17) is 4.74 Å². The molecule has 1 saturated heterocycles. The van der Waals surface area contributed by atoms with Crippen LogP contribution < -0.4 is 5.32 Å². The molecule has 1 saturated carbocycles. The molecule has 1 N–H and O–H groups in total. The predicted molar refractivity (Wildman–Crippen MR) is 71.3 cm³/mol. The van der Waals surface area contributed by atoms with Crippen molar-refractivity contribution in [2.45, 2.75) is 38.3 Å². The molecule has 3 rings (SSSR count). The fraction of sp³-hybridized carbons (Fsp3) is 0.714. The van der Waals surface area contributed by atoms with Crippen LogP contribution >= 0.6 is 11.3 Å². The number of rotatable bonds is 5. The number of hydrogen-bond acceptors (Lipinski definition) is 3. The minimum Gasteiger partial charge on any atom is -0.378 e. The Bertz CT molecular complexity index is 347. The van der Waals surface area contributed by atoms with Gasteiger partial charge in [-0.2, -0.15) is 0 Å². The lowest BCUT2D eigenvalue weighted by Gasteiger charge is -2.21. The molecule has 1 aliphatic heterocycles. The quantitative estimate of drug-likeness (QED) is 0.867. The summed E-state index contributed by atoms with van der Waals surface area (Å²) in [5, 5.41) is 5.98. The van der Waals surface area contributed by atoms with Gasteiger partial charge in [-0.3, -0.25) is 0 Å². The Morgan fingerprint density at radius 3 is 2.94 bits per heavy atom. The van der Waals surface area contributed by atoms with Gasteiger partial charge in [0.05, 0.1) is 6.10 Å². The number of nitrogens with one attached hydrogen (secondary N) is 1. The van der Waals surface area contributed by atoms with Crippen molar-refractivity contribution in [2.24, 2.45) is 11.8 Å².